The van der Waals surface area contributed by atoms with Gasteiger partial charge in [0, 0.05) is 30.9 Å². The maximum atomic E-state index is 12.0. The first kappa shape index (κ1) is 12.9. The van der Waals surface area contributed by atoms with E-state index in [9.17, 15) is 4.79 Å². The molecule has 0 atom stereocenters. The number of hydrogen-bond acceptors (Lipinski definition) is 3. The van der Waals surface area contributed by atoms with Crippen LogP contribution >= 0.6 is 0 Å². The first-order chi connectivity index (χ1) is 8.79. The van der Waals surface area contributed by atoms with Crippen LogP contribution in [0.3, 0.4) is 0 Å². The second-order valence-corrected chi connectivity index (χ2v) is 4.60. The summed E-state index contributed by atoms with van der Waals surface area (Å²) in [4.78, 5) is 12.0. The van der Waals surface area contributed by atoms with Gasteiger partial charge in [0.25, 0.3) is 5.91 Å². The Morgan fingerprint density at radius 1 is 1.17 bits per heavy atom. The van der Waals surface area contributed by atoms with Gasteiger partial charge < -0.3 is 5.32 Å². The molecule has 0 unspecified atom stereocenters. The number of anilines is 1. The predicted molar refractivity (Wildman–Crippen MR) is 73.5 cm³/mol. The Hall–Kier alpha value is -1.55. The molecule has 1 saturated heterocycles. The van der Waals surface area contributed by atoms with E-state index < -0.39 is 0 Å². The Morgan fingerprint density at radius 2 is 1.83 bits per heavy atom. The molecule has 4 nitrogen and oxygen atoms in total. The lowest BCUT2D eigenvalue weighted by Gasteiger charge is -2.26. The number of nitrogens with zero attached hydrogens (tertiary/aromatic N) is 1. The standard InChI is InChI=1S/C14H21N3O/c1-2-15-13-8-6-12(7-9-13)14(18)16-17-10-4-3-5-11-17/h6-9,15H,2-5,10-11H2,1H3,(H,16,18). The van der Waals surface area contributed by atoms with Crippen molar-refractivity contribution in [3.8, 4) is 0 Å². The lowest BCUT2D eigenvalue weighted by atomic mass is 10.1. The number of rotatable bonds is 4. The third-order valence-electron chi connectivity index (χ3n) is 3.14. The fourth-order valence-electron chi connectivity index (χ4n) is 2.16. The number of hydrazine groups is 1. The second-order valence-electron chi connectivity index (χ2n) is 4.60. The molecule has 1 aliphatic heterocycles. The van der Waals surface area contributed by atoms with Gasteiger partial charge in [-0.15, -0.1) is 0 Å². The van der Waals surface area contributed by atoms with Gasteiger partial charge in [0.05, 0.1) is 0 Å². The summed E-state index contributed by atoms with van der Waals surface area (Å²) in [6.07, 6.45) is 3.60. The fourth-order valence-corrected chi connectivity index (χ4v) is 2.16. The maximum Gasteiger partial charge on any atom is 0.265 e. The Labute approximate surface area is 108 Å². The summed E-state index contributed by atoms with van der Waals surface area (Å²) in [6.45, 7) is 4.86. The van der Waals surface area contributed by atoms with Crippen molar-refractivity contribution >= 4 is 11.6 Å². The zero-order chi connectivity index (χ0) is 12.8. The van der Waals surface area contributed by atoms with E-state index in [1.165, 1.54) is 19.3 Å². The highest BCUT2D eigenvalue weighted by atomic mass is 16.2. The molecule has 4 heteroatoms. The molecule has 1 aromatic carbocycles. The SMILES string of the molecule is CCNc1ccc(C(=O)NN2CCCCC2)cc1. The van der Waals surface area contributed by atoms with Crippen LogP contribution in [0.15, 0.2) is 24.3 Å². The highest BCUT2D eigenvalue weighted by molar-refractivity contribution is 5.94. The first-order valence-corrected chi connectivity index (χ1v) is 6.69. The Kier molecular flexibility index (Phi) is 4.59. The van der Waals surface area contributed by atoms with E-state index in [4.69, 9.17) is 0 Å². The van der Waals surface area contributed by atoms with Crippen molar-refractivity contribution in [2.75, 3.05) is 25.0 Å². The van der Waals surface area contributed by atoms with Crippen LogP contribution in [-0.4, -0.2) is 30.6 Å². The Balaban J connectivity index is 1.91. The van der Waals surface area contributed by atoms with E-state index in [0.29, 0.717) is 5.56 Å². The van der Waals surface area contributed by atoms with E-state index in [0.717, 1.165) is 25.3 Å². The molecule has 1 aliphatic rings. The van der Waals surface area contributed by atoms with Crippen molar-refractivity contribution in [2.45, 2.75) is 26.2 Å². The van der Waals surface area contributed by atoms with Crippen LogP contribution < -0.4 is 10.7 Å². The maximum absolute atomic E-state index is 12.0. The molecule has 1 aromatic rings. The summed E-state index contributed by atoms with van der Waals surface area (Å²) in [5, 5.41) is 5.23. The number of carbonyl (C=O) groups excluding carboxylic acids is 1. The van der Waals surface area contributed by atoms with Crippen molar-refractivity contribution in [2.24, 2.45) is 0 Å². The Bertz CT molecular complexity index is 383. The monoisotopic (exact) mass is 247 g/mol. The molecule has 1 amide bonds. The lowest BCUT2D eigenvalue weighted by molar-refractivity contribution is 0.0750. The van der Waals surface area contributed by atoms with Crippen LogP contribution in [0.1, 0.15) is 36.5 Å². The smallest absolute Gasteiger partial charge is 0.265 e. The third kappa shape index (κ3) is 3.47. The van der Waals surface area contributed by atoms with Crippen molar-refractivity contribution in [3.63, 3.8) is 0 Å². The minimum absolute atomic E-state index is 0.0139. The van der Waals surface area contributed by atoms with Gasteiger partial charge >= 0.3 is 0 Å². The molecule has 98 valence electrons. The Morgan fingerprint density at radius 3 is 2.44 bits per heavy atom. The molecule has 1 fully saturated rings. The van der Waals surface area contributed by atoms with Crippen molar-refractivity contribution in [1.29, 1.82) is 0 Å². The molecule has 1 heterocycles. The fraction of sp³-hybridized carbons (Fsp3) is 0.500. The minimum Gasteiger partial charge on any atom is -0.385 e. The van der Waals surface area contributed by atoms with Gasteiger partial charge in [-0.25, -0.2) is 5.01 Å². The number of piperidine rings is 1. The van der Waals surface area contributed by atoms with Crippen LogP contribution in [0.2, 0.25) is 0 Å². The van der Waals surface area contributed by atoms with Crippen LogP contribution in [0.25, 0.3) is 0 Å². The quantitative estimate of drug-likeness (QED) is 0.857. The third-order valence-corrected chi connectivity index (χ3v) is 3.14. The summed E-state index contributed by atoms with van der Waals surface area (Å²) in [5.41, 5.74) is 4.72. The molecule has 0 aliphatic carbocycles. The largest absolute Gasteiger partial charge is 0.385 e. The number of amides is 1. The normalized spacial score (nSPS) is 16.3. The number of hydrogen-bond donors (Lipinski definition) is 2. The highest BCUT2D eigenvalue weighted by Gasteiger charge is 2.13. The molecule has 0 radical (unpaired) electrons. The van der Waals surface area contributed by atoms with Gasteiger partial charge in [-0.3, -0.25) is 10.2 Å². The molecular formula is C14H21N3O. The minimum atomic E-state index is -0.0139. The summed E-state index contributed by atoms with van der Waals surface area (Å²) >= 11 is 0. The number of carbonyl (C=O) groups is 1. The van der Waals surface area contributed by atoms with Gasteiger partial charge in [-0.2, -0.15) is 0 Å². The molecule has 18 heavy (non-hydrogen) atoms. The molecule has 2 rings (SSSR count). The zero-order valence-electron chi connectivity index (χ0n) is 10.9. The van der Waals surface area contributed by atoms with Crippen LogP contribution in [0, 0.1) is 0 Å². The van der Waals surface area contributed by atoms with Crippen molar-refractivity contribution in [1.82, 2.24) is 10.4 Å². The van der Waals surface area contributed by atoms with E-state index >= 15 is 0 Å². The van der Waals surface area contributed by atoms with Crippen LogP contribution in [0.5, 0.6) is 0 Å². The molecule has 0 spiro atoms. The van der Waals surface area contributed by atoms with E-state index in [1.807, 2.05) is 29.3 Å². The zero-order valence-corrected chi connectivity index (χ0v) is 10.9. The van der Waals surface area contributed by atoms with Crippen LogP contribution in [-0.2, 0) is 0 Å². The predicted octanol–water partition coefficient (Wildman–Crippen LogP) is 2.25. The number of benzene rings is 1. The lowest BCUT2D eigenvalue weighted by Crippen LogP contribution is -2.45. The van der Waals surface area contributed by atoms with Gasteiger partial charge in [0.2, 0.25) is 0 Å². The van der Waals surface area contributed by atoms with Gasteiger partial charge in [-0.05, 0) is 44.0 Å². The van der Waals surface area contributed by atoms with E-state index in [2.05, 4.69) is 17.7 Å². The molecule has 0 bridgehead atoms. The highest BCUT2D eigenvalue weighted by Crippen LogP contribution is 2.10. The summed E-state index contributed by atoms with van der Waals surface area (Å²) in [7, 11) is 0. The van der Waals surface area contributed by atoms with Gasteiger partial charge in [0.1, 0.15) is 0 Å². The van der Waals surface area contributed by atoms with Gasteiger partial charge in [0.15, 0.2) is 0 Å². The molecular weight excluding hydrogens is 226 g/mol. The van der Waals surface area contributed by atoms with Gasteiger partial charge in [-0.1, -0.05) is 6.42 Å². The summed E-state index contributed by atoms with van der Waals surface area (Å²) < 4.78 is 0. The number of nitrogens with one attached hydrogen (secondary N) is 2. The second kappa shape index (κ2) is 6.40. The topological polar surface area (TPSA) is 44.4 Å². The van der Waals surface area contributed by atoms with E-state index in [-0.39, 0.29) is 5.91 Å². The average molecular weight is 247 g/mol. The van der Waals surface area contributed by atoms with Crippen LogP contribution in [0.4, 0.5) is 5.69 Å². The molecule has 0 aromatic heterocycles. The van der Waals surface area contributed by atoms with Crippen molar-refractivity contribution < 1.29 is 4.79 Å². The molecule has 0 saturated carbocycles. The van der Waals surface area contributed by atoms with E-state index in [1.54, 1.807) is 0 Å². The van der Waals surface area contributed by atoms with Crippen molar-refractivity contribution in [3.05, 3.63) is 29.8 Å². The summed E-state index contributed by atoms with van der Waals surface area (Å²) in [6, 6.07) is 7.60. The average Bonchev–Trinajstić information content (AvgIpc) is 2.41. The summed E-state index contributed by atoms with van der Waals surface area (Å²) in [5.74, 6) is -0.0139. The first-order valence-electron chi connectivity index (χ1n) is 6.69. The molecule has 2 N–H and O–H groups in total.